The molecule has 1 unspecified atom stereocenters. The van der Waals surface area contributed by atoms with Gasteiger partial charge in [0.15, 0.2) is 6.10 Å². The fourth-order valence-electron chi connectivity index (χ4n) is 3.26. The van der Waals surface area contributed by atoms with Gasteiger partial charge in [0.25, 0.3) is 0 Å². The molecule has 1 saturated heterocycles. The Morgan fingerprint density at radius 1 is 1.24 bits per heavy atom. The molecule has 0 aromatic carbocycles. The number of aliphatic hydroxyl groups is 1. The Morgan fingerprint density at radius 3 is 2.14 bits per heavy atom. The number of aliphatic carboxylic acids is 1. The zero-order valence-electron chi connectivity index (χ0n) is 13.0. The van der Waals surface area contributed by atoms with E-state index in [0.717, 1.165) is 25.7 Å². The normalized spacial score (nSPS) is 23.5. The predicted molar refractivity (Wildman–Crippen MR) is 75.8 cm³/mol. The van der Waals surface area contributed by atoms with Crippen molar-refractivity contribution in [2.75, 3.05) is 13.1 Å². The highest BCUT2D eigenvalue weighted by atomic mass is 16.6. The molecule has 2 rings (SSSR count). The molecule has 0 aromatic rings. The van der Waals surface area contributed by atoms with Crippen LogP contribution in [0.2, 0.25) is 0 Å². The Bertz CT molecular complexity index is 416. The molecule has 1 aliphatic carbocycles. The highest BCUT2D eigenvalue weighted by molar-refractivity contribution is 5.74. The third-order valence-corrected chi connectivity index (χ3v) is 4.57. The van der Waals surface area contributed by atoms with Crippen LogP contribution >= 0.6 is 0 Å². The van der Waals surface area contributed by atoms with Crippen LogP contribution in [0, 0.1) is 11.3 Å². The van der Waals surface area contributed by atoms with Crippen molar-refractivity contribution in [2.24, 2.45) is 11.3 Å². The highest BCUT2D eigenvalue weighted by Gasteiger charge is 2.57. The number of amides is 1. The minimum Gasteiger partial charge on any atom is -0.479 e. The largest absolute Gasteiger partial charge is 0.479 e. The number of hydrogen-bond acceptors (Lipinski definition) is 4. The third kappa shape index (κ3) is 3.48. The van der Waals surface area contributed by atoms with Crippen LogP contribution in [0.25, 0.3) is 0 Å². The van der Waals surface area contributed by atoms with Crippen LogP contribution in [0.1, 0.15) is 46.5 Å². The average molecular weight is 299 g/mol. The number of aliphatic hydroxyl groups excluding tert-OH is 1. The maximum Gasteiger partial charge on any atom is 0.410 e. The summed E-state index contributed by atoms with van der Waals surface area (Å²) in [5, 5.41) is 18.9. The van der Waals surface area contributed by atoms with Crippen LogP contribution < -0.4 is 0 Å². The molecular weight excluding hydrogens is 274 g/mol. The van der Waals surface area contributed by atoms with E-state index in [1.807, 2.05) is 20.8 Å². The van der Waals surface area contributed by atoms with Crippen LogP contribution in [0.3, 0.4) is 0 Å². The van der Waals surface area contributed by atoms with Gasteiger partial charge in [-0.3, -0.25) is 0 Å². The van der Waals surface area contributed by atoms with Gasteiger partial charge in [-0.1, -0.05) is 0 Å². The fraction of sp³-hybridized carbons (Fsp3) is 0.867. The van der Waals surface area contributed by atoms with Gasteiger partial charge in [-0.05, 0) is 52.4 Å². The molecule has 120 valence electrons. The molecule has 1 aliphatic heterocycles. The van der Waals surface area contributed by atoms with E-state index in [2.05, 4.69) is 0 Å². The second-order valence-corrected chi connectivity index (χ2v) is 7.22. The summed E-state index contributed by atoms with van der Waals surface area (Å²) in [5.74, 6) is -0.968. The Morgan fingerprint density at radius 2 is 1.76 bits per heavy atom. The zero-order chi connectivity index (χ0) is 15.8. The summed E-state index contributed by atoms with van der Waals surface area (Å²) in [4.78, 5) is 24.7. The Balaban J connectivity index is 1.89. The van der Waals surface area contributed by atoms with Crippen LogP contribution in [0.4, 0.5) is 4.79 Å². The average Bonchev–Trinajstić information content (AvgIpc) is 3.17. The molecule has 2 N–H and O–H groups in total. The first kappa shape index (κ1) is 16.1. The van der Waals surface area contributed by atoms with Crippen molar-refractivity contribution >= 4 is 12.1 Å². The van der Waals surface area contributed by atoms with E-state index in [4.69, 9.17) is 9.84 Å². The van der Waals surface area contributed by atoms with Crippen molar-refractivity contribution in [1.29, 1.82) is 0 Å². The van der Waals surface area contributed by atoms with Gasteiger partial charge in [0, 0.05) is 18.5 Å². The minimum atomic E-state index is -1.28. The summed E-state index contributed by atoms with van der Waals surface area (Å²) in [7, 11) is 0. The lowest BCUT2D eigenvalue weighted by atomic mass is 9.78. The molecule has 1 atom stereocenters. The number of piperidine rings is 1. The smallest absolute Gasteiger partial charge is 0.410 e. The molecule has 1 amide bonds. The monoisotopic (exact) mass is 299 g/mol. The summed E-state index contributed by atoms with van der Waals surface area (Å²) < 4.78 is 5.34. The van der Waals surface area contributed by atoms with Gasteiger partial charge < -0.3 is 19.8 Å². The zero-order valence-corrected chi connectivity index (χ0v) is 13.0. The first-order valence-electron chi connectivity index (χ1n) is 7.54. The number of carboxylic acid groups (broad SMARTS) is 1. The summed E-state index contributed by atoms with van der Waals surface area (Å²) in [5.41, 5.74) is -0.975. The molecule has 1 heterocycles. The first-order chi connectivity index (χ1) is 9.66. The second-order valence-electron chi connectivity index (χ2n) is 7.22. The number of carboxylic acids is 1. The van der Waals surface area contributed by atoms with Crippen molar-refractivity contribution in [3.05, 3.63) is 0 Å². The van der Waals surface area contributed by atoms with Crippen LogP contribution in [0.15, 0.2) is 0 Å². The second kappa shape index (κ2) is 5.48. The topological polar surface area (TPSA) is 87.1 Å². The standard InChI is InChI=1S/C15H25NO5/c1-14(2,3)21-13(20)16-8-4-10(5-9-16)15(6-7-15)11(17)12(18)19/h10-11,17H,4-9H2,1-3H3,(H,18,19). The number of carbonyl (C=O) groups is 2. The van der Waals surface area contributed by atoms with Gasteiger partial charge in [0.1, 0.15) is 5.60 Å². The summed E-state index contributed by atoms with van der Waals surface area (Å²) in [6.07, 6.45) is 1.38. The number of hydrogen-bond donors (Lipinski definition) is 2. The predicted octanol–water partition coefficient (Wildman–Crippen LogP) is 1.86. The molecule has 6 nitrogen and oxygen atoms in total. The number of ether oxygens (including phenoxy) is 1. The van der Waals surface area contributed by atoms with Crippen LogP contribution in [-0.4, -0.2) is 52.0 Å². The van der Waals surface area contributed by atoms with E-state index in [1.54, 1.807) is 4.90 Å². The lowest BCUT2D eigenvalue weighted by Gasteiger charge is -2.37. The van der Waals surface area contributed by atoms with E-state index >= 15 is 0 Å². The quantitative estimate of drug-likeness (QED) is 0.830. The Kier molecular flexibility index (Phi) is 4.19. The van der Waals surface area contributed by atoms with Gasteiger partial charge in [-0.15, -0.1) is 0 Å². The molecule has 0 radical (unpaired) electrons. The Hall–Kier alpha value is -1.30. The molecule has 0 bridgehead atoms. The maximum atomic E-state index is 12.0. The number of nitrogens with zero attached hydrogens (tertiary/aromatic N) is 1. The van der Waals surface area contributed by atoms with E-state index in [1.165, 1.54) is 0 Å². The van der Waals surface area contributed by atoms with Gasteiger partial charge in [0.05, 0.1) is 0 Å². The van der Waals surface area contributed by atoms with Crippen molar-refractivity contribution < 1.29 is 24.5 Å². The number of likely N-dealkylation sites (tertiary alicyclic amines) is 1. The molecule has 0 spiro atoms. The summed E-state index contributed by atoms with van der Waals surface area (Å²) in [6.45, 7) is 6.63. The van der Waals surface area contributed by atoms with Crippen molar-refractivity contribution in [2.45, 2.75) is 58.2 Å². The van der Waals surface area contributed by atoms with E-state index in [9.17, 15) is 14.7 Å². The van der Waals surface area contributed by atoms with Crippen molar-refractivity contribution in [1.82, 2.24) is 4.90 Å². The molecule has 2 fully saturated rings. The molecule has 6 heteroatoms. The highest BCUT2D eigenvalue weighted by Crippen LogP contribution is 2.57. The van der Waals surface area contributed by atoms with Gasteiger partial charge >= 0.3 is 12.1 Å². The SMILES string of the molecule is CC(C)(C)OC(=O)N1CCC(C2(C(O)C(=O)O)CC2)CC1. The van der Waals surface area contributed by atoms with E-state index < -0.39 is 23.1 Å². The van der Waals surface area contributed by atoms with Gasteiger partial charge in [-0.2, -0.15) is 0 Å². The molecule has 2 aliphatic rings. The lowest BCUT2D eigenvalue weighted by molar-refractivity contribution is -0.152. The fourth-order valence-corrected chi connectivity index (χ4v) is 3.26. The van der Waals surface area contributed by atoms with E-state index in [0.29, 0.717) is 13.1 Å². The van der Waals surface area contributed by atoms with E-state index in [-0.39, 0.29) is 12.0 Å². The molecule has 0 aromatic heterocycles. The van der Waals surface area contributed by atoms with Crippen LogP contribution in [0.5, 0.6) is 0 Å². The summed E-state index contributed by atoms with van der Waals surface area (Å²) >= 11 is 0. The third-order valence-electron chi connectivity index (χ3n) is 4.57. The molecule has 21 heavy (non-hydrogen) atoms. The maximum absolute atomic E-state index is 12.0. The molecular formula is C15H25NO5. The van der Waals surface area contributed by atoms with Crippen LogP contribution in [-0.2, 0) is 9.53 Å². The summed E-state index contributed by atoms with van der Waals surface area (Å²) in [6, 6.07) is 0. The molecule has 1 saturated carbocycles. The van der Waals surface area contributed by atoms with Crippen molar-refractivity contribution in [3.8, 4) is 0 Å². The van der Waals surface area contributed by atoms with Crippen molar-refractivity contribution in [3.63, 3.8) is 0 Å². The van der Waals surface area contributed by atoms with Gasteiger partial charge in [0.2, 0.25) is 0 Å². The minimum absolute atomic E-state index is 0.169. The first-order valence-corrected chi connectivity index (χ1v) is 7.54. The number of carbonyl (C=O) groups excluding carboxylic acids is 1. The lowest BCUT2D eigenvalue weighted by Crippen LogP contribution is -2.45. The van der Waals surface area contributed by atoms with Gasteiger partial charge in [-0.25, -0.2) is 9.59 Å². The number of rotatable bonds is 3. The Labute approximate surface area is 125 Å².